The molecule has 2 heterocycles. The molecule has 0 N–H and O–H groups in total. The molecule has 0 spiro atoms. The summed E-state index contributed by atoms with van der Waals surface area (Å²) in [6.45, 7) is 7.28. The Labute approximate surface area is 110 Å². The summed E-state index contributed by atoms with van der Waals surface area (Å²) in [6, 6.07) is 0. The van der Waals surface area contributed by atoms with Gasteiger partial charge in [0.15, 0.2) is 0 Å². The number of hydrogen-bond donors (Lipinski definition) is 0. The number of fused-ring (bicyclic) bond motifs is 1. The Hall–Kier alpha value is -1.54. The number of hydrogen-bond acceptors (Lipinski definition) is 5. The van der Waals surface area contributed by atoms with Crippen LogP contribution in [-0.4, -0.2) is 51.6 Å². The quantitative estimate of drug-likeness (QED) is 0.439. The number of azide groups is 1. The Morgan fingerprint density at radius 2 is 2.05 bits per heavy atom. The van der Waals surface area contributed by atoms with Gasteiger partial charge >= 0.3 is 6.09 Å². The van der Waals surface area contributed by atoms with Crippen LogP contribution in [0.15, 0.2) is 5.11 Å². The molecule has 0 saturated carbocycles. The molecule has 2 saturated heterocycles. The third-order valence-electron chi connectivity index (χ3n) is 3.62. The van der Waals surface area contributed by atoms with Crippen molar-refractivity contribution >= 4 is 6.09 Å². The molecule has 19 heavy (non-hydrogen) atoms. The molecule has 2 aliphatic rings. The Bertz CT molecular complexity index is 445. The zero-order valence-electron chi connectivity index (χ0n) is 11.4. The van der Waals surface area contributed by atoms with Crippen molar-refractivity contribution in [2.75, 3.05) is 13.1 Å². The van der Waals surface area contributed by atoms with Crippen LogP contribution in [-0.2, 0) is 10.0 Å². The standard InChI is InChI=1S/C10H17N6O3/c1-9(2)7-14(6-5-12-13-11)8(17)19-15(7)10(3,4)16(9)18/h7H,5-6H2,1-4H3. The minimum absolute atomic E-state index is 0.144. The zero-order valence-corrected chi connectivity index (χ0v) is 11.4. The van der Waals surface area contributed by atoms with Crippen LogP contribution in [0.1, 0.15) is 27.7 Å². The van der Waals surface area contributed by atoms with Crippen molar-refractivity contribution < 1.29 is 14.8 Å². The van der Waals surface area contributed by atoms with Crippen LogP contribution in [0.5, 0.6) is 0 Å². The van der Waals surface area contributed by atoms with Crippen LogP contribution in [0.4, 0.5) is 4.79 Å². The number of carbonyl (C=O) groups excluding carboxylic acids is 1. The monoisotopic (exact) mass is 269 g/mol. The molecule has 2 rings (SSSR count). The first-order valence-electron chi connectivity index (χ1n) is 6.01. The molecule has 1 amide bonds. The minimum atomic E-state index is -0.933. The lowest BCUT2D eigenvalue weighted by molar-refractivity contribution is -0.288. The van der Waals surface area contributed by atoms with Gasteiger partial charge in [0.05, 0.1) is 5.54 Å². The van der Waals surface area contributed by atoms with Gasteiger partial charge in [-0.1, -0.05) is 10.2 Å². The van der Waals surface area contributed by atoms with Crippen molar-refractivity contribution in [3.05, 3.63) is 10.4 Å². The predicted octanol–water partition coefficient (Wildman–Crippen LogP) is 1.47. The first kappa shape index (κ1) is 13.9. The fraction of sp³-hybridized carbons (Fsp3) is 0.900. The molecular weight excluding hydrogens is 252 g/mol. The third-order valence-corrected chi connectivity index (χ3v) is 3.62. The van der Waals surface area contributed by atoms with Crippen molar-refractivity contribution in [2.45, 2.75) is 45.1 Å². The maximum Gasteiger partial charge on any atom is 0.430 e. The van der Waals surface area contributed by atoms with Crippen LogP contribution < -0.4 is 0 Å². The summed E-state index contributed by atoms with van der Waals surface area (Å²) in [4.78, 5) is 21.1. The van der Waals surface area contributed by atoms with E-state index < -0.39 is 23.5 Å². The molecule has 9 heteroatoms. The molecule has 1 radical (unpaired) electrons. The lowest BCUT2D eigenvalue weighted by Crippen LogP contribution is -2.53. The highest BCUT2D eigenvalue weighted by Crippen LogP contribution is 2.45. The summed E-state index contributed by atoms with van der Waals surface area (Å²) >= 11 is 0. The molecular formula is C10H17N6O3. The largest absolute Gasteiger partial charge is 0.430 e. The Morgan fingerprint density at radius 3 is 2.63 bits per heavy atom. The molecule has 0 aromatic rings. The number of amides is 1. The lowest BCUT2D eigenvalue weighted by atomic mass is 10.0. The molecule has 0 aliphatic carbocycles. The molecule has 105 valence electrons. The molecule has 2 aliphatic heterocycles. The van der Waals surface area contributed by atoms with Gasteiger partial charge < -0.3 is 4.84 Å². The van der Waals surface area contributed by atoms with Crippen LogP contribution in [0.25, 0.3) is 10.4 Å². The summed E-state index contributed by atoms with van der Waals surface area (Å²) in [5.41, 5.74) is 6.53. The summed E-state index contributed by atoms with van der Waals surface area (Å²) in [7, 11) is 0. The van der Waals surface area contributed by atoms with E-state index in [1.165, 1.54) is 9.96 Å². The summed E-state index contributed by atoms with van der Waals surface area (Å²) < 4.78 is 0. The van der Waals surface area contributed by atoms with E-state index in [4.69, 9.17) is 10.4 Å². The average molecular weight is 269 g/mol. The molecule has 0 bridgehead atoms. The summed E-state index contributed by atoms with van der Waals surface area (Å²) in [5, 5.41) is 18.1. The number of rotatable bonds is 3. The molecule has 0 aromatic carbocycles. The van der Waals surface area contributed by atoms with Crippen molar-refractivity contribution in [1.82, 2.24) is 15.0 Å². The molecule has 1 unspecified atom stereocenters. The van der Waals surface area contributed by atoms with Gasteiger partial charge in [-0.3, -0.25) is 4.90 Å². The lowest BCUT2D eigenvalue weighted by Gasteiger charge is -2.34. The first-order valence-corrected chi connectivity index (χ1v) is 6.01. The number of carbonyl (C=O) groups is 1. The van der Waals surface area contributed by atoms with Crippen molar-refractivity contribution in [1.29, 1.82) is 0 Å². The van der Waals surface area contributed by atoms with E-state index in [1.807, 2.05) is 0 Å². The van der Waals surface area contributed by atoms with Crippen molar-refractivity contribution in [2.24, 2.45) is 5.11 Å². The van der Waals surface area contributed by atoms with Gasteiger partial charge in [0.2, 0.25) is 0 Å². The zero-order chi connectivity index (χ0) is 14.4. The third kappa shape index (κ3) is 1.82. The van der Waals surface area contributed by atoms with E-state index >= 15 is 0 Å². The Morgan fingerprint density at radius 1 is 1.42 bits per heavy atom. The van der Waals surface area contributed by atoms with Gasteiger partial charge in [0.25, 0.3) is 0 Å². The van der Waals surface area contributed by atoms with E-state index in [9.17, 15) is 10.0 Å². The maximum atomic E-state index is 12.3. The smallest absolute Gasteiger partial charge is 0.347 e. The van der Waals surface area contributed by atoms with Crippen LogP contribution >= 0.6 is 0 Å². The topological polar surface area (TPSA) is 105 Å². The summed E-state index contributed by atoms with van der Waals surface area (Å²) in [5.74, 6) is 0. The predicted molar refractivity (Wildman–Crippen MR) is 63.5 cm³/mol. The van der Waals surface area contributed by atoms with Crippen LogP contribution in [0.3, 0.4) is 0 Å². The van der Waals surface area contributed by atoms with Crippen LogP contribution in [0.2, 0.25) is 0 Å². The normalized spacial score (nSPS) is 29.0. The van der Waals surface area contributed by atoms with Gasteiger partial charge in [-0.25, -0.2) is 4.79 Å². The van der Waals surface area contributed by atoms with Gasteiger partial charge in [0, 0.05) is 18.0 Å². The molecule has 9 nitrogen and oxygen atoms in total. The second kappa shape index (κ2) is 4.24. The van der Waals surface area contributed by atoms with E-state index in [0.29, 0.717) is 0 Å². The summed E-state index contributed by atoms with van der Waals surface area (Å²) in [6.07, 6.45) is -1.02. The van der Waals surface area contributed by atoms with Gasteiger partial charge in [-0.2, -0.15) is 0 Å². The van der Waals surface area contributed by atoms with E-state index in [0.717, 1.165) is 5.06 Å². The minimum Gasteiger partial charge on any atom is -0.347 e. The molecule has 2 fully saturated rings. The van der Waals surface area contributed by atoms with E-state index in [1.54, 1.807) is 27.7 Å². The van der Waals surface area contributed by atoms with E-state index in [-0.39, 0.29) is 13.1 Å². The van der Waals surface area contributed by atoms with E-state index in [2.05, 4.69) is 10.0 Å². The molecule has 0 aromatic heterocycles. The van der Waals surface area contributed by atoms with Crippen LogP contribution in [0, 0.1) is 0 Å². The highest BCUT2D eigenvalue weighted by molar-refractivity contribution is 5.70. The second-order valence-corrected chi connectivity index (χ2v) is 5.65. The highest BCUT2D eigenvalue weighted by Gasteiger charge is 2.66. The van der Waals surface area contributed by atoms with Gasteiger partial charge in [-0.15, -0.1) is 10.3 Å². The Kier molecular flexibility index (Phi) is 3.10. The Balaban J connectivity index is 2.29. The number of hydroxylamine groups is 4. The second-order valence-electron chi connectivity index (χ2n) is 5.65. The fourth-order valence-electron chi connectivity index (χ4n) is 2.80. The maximum absolute atomic E-state index is 12.3. The van der Waals surface area contributed by atoms with Crippen molar-refractivity contribution in [3.63, 3.8) is 0 Å². The SMILES string of the molecule is CC1(C)C2N(CCN=[N+]=[N-])C(=O)ON2C(C)(C)N1[O]. The fourth-order valence-corrected chi connectivity index (χ4v) is 2.80. The highest BCUT2D eigenvalue weighted by atomic mass is 16.8. The first-order chi connectivity index (χ1) is 8.74. The van der Waals surface area contributed by atoms with Gasteiger partial charge in [-0.05, 0) is 33.2 Å². The average Bonchev–Trinajstić information content (AvgIpc) is 2.72. The van der Waals surface area contributed by atoms with Gasteiger partial charge in [0.1, 0.15) is 11.8 Å². The molecule has 1 atom stereocenters. The number of nitrogens with zero attached hydrogens (tertiary/aromatic N) is 6. The van der Waals surface area contributed by atoms with Crippen molar-refractivity contribution in [3.8, 4) is 0 Å².